The largest absolute Gasteiger partial charge is 0.324 e. The second-order valence-corrected chi connectivity index (χ2v) is 8.02. The molecule has 0 saturated heterocycles. The summed E-state index contributed by atoms with van der Waals surface area (Å²) < 4.78 is 2.35. The number of benzene rings is 4. The molecule has 0 spiro atoms. The first-order valence-corrected chi connectivity index (χ1v) is 11.1. The number of imidazole rings is 1. The molecule has 4 aromatic carbocycles. The van der Waals surface area contributed by atoms with Crippen molar-refractivity contribution in [2.45, 2.75) is 20.4 Å². The molecule has 0 aliphatic carbocycles. The van der Waals surface area contributed by atoms with E-state index in [1.54, 1.807) is 0 Å². The SMILES string of the molecule is CCn1c(-c2ccccc2-c2cccc(C)c2)nc(-c2ccccc2)c1-c1ccccc1. The van der Waals surface area contributed by atoms with Gasteiger partial charge in [-0.25, -0.2) is 4.98 Å². The Morgan fingerprint density at radius 3 is 1.88 bits per heavy atom. The molecule has 0 fully saturated rings. The van der Waals surface area contributed by atoms with Crippen LogP contribution in [0.25, 0.3) is 45.0 Å². The first-order valence-electron chi connectivity index (χ1n) is 11.1. The van der Waals surface area contributed by atoms with Crippen molar-refractivity contribution in [2.24, 2.45) is 0 Å². The molecule has 1 heterocycles. The molecule has 0 bridgehead atoms. The molecular formula is C30H26N2. The predicted octanol–water partition coefficient (Wildman–Crippen LogP) is 7.88. The van der Waals surface area contributed by atoms with Crippen molar-refractivity contribution in [2.75, 3.05) is 0 Å². The summed E-state index contributed by atoms with van der Waals surface area (Å²) in [5.41, 5.74) is 9.32. The van der Waals surface area contributed by atoms with Crippen LogP contribution < -0.4 is 0 Å². The summed E-state index contributed by atoms with van der Waals surface area (Å²) in [6, 6.07) is 38.4. The van der Waals surface area contributed by atoms with Gasteiger partial charge in [-0.1, -0.05) is 115 Å². The zero-order valence-corrected chi connectivity index (χ0v) is 18.5. The Kier molecular flexibility index (Phi) is 5.43. The van der Waals surface area contributed by atoms with Crippen molar-refractivity contribution in [3.63, 3.8) is 0 Å². The molecule has 0 aliphatic heterocycles. The van der Waals surface area contributed by atoms with Crippen molar-refractivity contribution in [3.05, 3.63) is 115 Å². The molecule has 2 nitrogen and oxygen atoms in total. The van der Waals surface area contributed by atoms with E-state index in [0.717, 1.165) is 34.9 Å². The van der Waals surface area contributed by atoms with E-state index in [1.165, 1.54) is 22.3 Å². The molecule has 1 aromatic heterocycles. The first-order chi connectivity index (χ1) is 15.8. The van der Waals surface area contributed by atoms with Gasteiger partial charge in [0, 0.05) is 23.2 Å². The number of rotatable bonds is 5. The molecule has 0 unspecified atom stereocenters. The third-order valence-corrected chi connectivity index (χ3v) is 5.88. The highest BCUT2D eigenvalue weighted by molar-refractivity contribution is 5.86. The summed E-state index contributed by atoms with van der Waals surface area (Å²) in [5.74, 6) is 1.00. The van der Waals surface area contributed by atoms with Gasteiger partial charge in [0.25, 0.3) is 0 Å². The van der Waals surface area contributed by atoms with Crippen molar-refractivity contribution in [1.82, 2.24) is 9.55 Å². The van der Waals surface area contributed by atoms with Crippen LogP contribution in [0.3, 0.4) is 0 Å². The summed E-state index contributed by atoms with van der Waals surface area (Å²) >= 11 is 0. The van der Waals surface area contributed by atoms with Crippen molar-refractivity contribution >= 4 is 0 Å². The highest BCUT2D eigenvalue weighted by Crippen LogP contribution is 2.39. The molecule has 156 valence electrons. The van der Waals surface area contributed by atoms with E-state index in [-0.39, 0.29) is 0 Å². The Morgan fingerprint density at radius 2 is 1.22 bits per heavy atom. The Balaban J connectivity index is 1.80. The Bertz CT molecular complexity index is 1350. The van der Waals surface area contributed by atoms with E-state index in [1.807, 2.05) is 0 Å². The van der Waals surface area contributed by atoms with Crippen LogP contribution in [0.2, 0.25) is 0 Å². The van der Waals surface area contributed by atoms with E-state index in [4.69, 9.17) is 4.98 Å². The number of hydrogen-bond acceptors (Lipinski definition) is 1. The van der Waals surface area contributed by atoms with Gasteiger partial charge < -0.3 is 4.57 Å². The normalized spacial score (nSPS) is 10.9. The lowest BCUT2D eigenvalue weighted by Gasteiger charge is -2.14. The smallest absolute Gasteiger partial charge is 0.141 e. The molecule has 2 heteroatoms. The molecule has 5 rings (SSSR count). The quantitative estimate of drug-likeness (QED) is 0.286. The Hall–Kier alpha value is -3.91. The summed E-state index contributed by atoms with van der Waals surface area (Å²) in [7, 11) is 0. The van der Waals surface area contributed by atoms with Crippen LogP contribution in [-0.2, 0) is 6.54 Å². The van der Waals surface area contributed by atoms with Gasteiger partial charge >= 0.3 is 0 Å². The van der Waals surface area contributed by atoms with Crippen LogP contribution in [0.4, 0.5) is 0 Å². The minimum atomic E-state index is 0.835. The van der Waals surface area contributed by atoms with Crippen LogP contribution in [0.5, 0.6) is 0 Å². The van der Waals surface area contributed by atoms with Crippen LogP contribution in [0.1, 0.15) is 12.5 Å². The van der Waals surface area contributed by atoms with E-state index in [9.17, 15) is 0 Å². The zero-order chi connectivity index (χ0) is 21.9. The number of aryl methyl sites for hydroxylation is 1. The van der Waals surface area contributed by atoms with E-state index in [0.29, 0.717) is 0 Å². The maximum atomic E-state index is 5.27. The van der Waals surface area contributed by atoms with Gasteiger partial charge in [0.05, 0.1) is 11.4 Å². The summed E-state index contributed by atoms with van der Waals surface area (Å²) in [6.07, 6.45) is 0. The minimum Gasteiger partial charge on any atom is -0.324 e. The second-order valence-electron chi connectivity index (χ2n) is 8.02. The highest BCUT2D eigenvalue weighted by Gasteiger charge is 2.21. The predicted molar refractivity (Wildman–Crippen MR) is 134 cm³/mol. The molecule has 0 N–H and O–H groups in total. The third-order valence-electron chi connectivity index (χ3n) is 5.88. The number of aromatic nitrogens is 2. The molecular weight excluding hydrogens is 388 g/mol. The maximum absolute atomic E-state index is 5.27. The monoisotopic (exact) mass is 414 g/mol. The van der Waals surface area contributed by atoms with Gasteiger partial charge in [-0.2, -0.15) is 0 Å². The average molecular weight is 415 g/mol. The topological polar surface area (TPSA) is 17.8 Å². The standard InChI is InChI=1S/C30H26N2/c1-3-32-29(24-16-8-5-9-17-24)28(23-14-6-4-7-15-23)31-30(32)27-20-11-10-19-26(27)25-18-12-13-22(2)21-25/h4-21H,3H2,1-2H3. The lowest BCUT2D eigenvalue weighted by Crippen LogP contribution is -2.01. The lowest BCUT2D eigenvalue weighted by atomic mass is 9.98. The number of hydrogen-bond donors (Lipinski definition) is 0. The molecule has 0 radical (unpaired) electrons. The average Bonchev–Trinajstić information content (AvgIpc) is 3.25. The molecule has 0 amide bonds. The van der Waals surface area contributed by atoms with Crippen molar-refractivity contribution < 1.29 is 0 Å². The second kappa shape index (κ2) is 8.68. The molecule has 0 aliphatic rings. The zero-order valence-electron chi connectivity index (χ0n) is 18.5. The molecule has 0 atom stereocenters. The number of nitrogens with zero attached hydrogens (tertiary/aromatic N) is 2. The maximum Gasteiger partial charge on any atom is 0.141 e. The fourth-order valence-electron chi connectivity index (χ4n) is 4.39. The minimum absolute atomic E-state index is 0.835. The highest BCUT2D eigenvalue weighted by atomic mass is 15.1. The fourth-order valence-corrected chi connectivity index (χ4v) is 4.39. The van der Waals surface area contributed by atoms with Gasteiger partial charge in [0.1, 0.15) is 5.82 Å². The van der Waals surface area contributed by atoms with Crippen LogP contribution in [0.15, 0.2) is 109 Å². The van der Waals surface area contributed by atoms with Crippen LogP contribution >= 0.6 is 0 Å². The summed E-state index contributed by atoms with van der Waals surface area (Å²) in [5, 5.41) is 0. The van der Waals surface area contributed by atoms with Gasteiger partial charge in [-0.3, -0.25) is 0 Å². The summed E-state index contributed by atoms with van der Waals surface area (Å²) in [4.78, 5) is 5.27. The Labute approximate surface area is 189 Å². The third kappa shape index (κ3) is 3.65. The van der Waals surface area contributed by atoms with Gasteiger partial charge in [-0.15, -0.1) is 0 Å². The summed E-state index contributed by atoms with van der Waals surface area (Å²) in [6.45, 7) is 5.17. The van der Waals surface area contributed by atoms with E-state index in [2.05, 4.69) is 128 Å². The van der Waals surface area contributed by atoms with E-state index < -0.39 is 0 Å². The van der Waals surface area contributed by atoms with Crippen molar-refractivity contribution in [1.29, 1.82) is 0 Å². The van der Waals surface area contributed by atoms with Crippen LogP contribution in [-0.4, -0.2) is 9.55 Å². The van der Waals surface area contributed by atoms with Crippen LogP contribution in [0, 0.1) is 6.92 Å². The molecule has 32 heavy (non-hydrogen) atoms. The Morgan fingerprint density at radius 1 is 0.625 bits per heavy atom. The lowest BCUT2D eigenvalue weighted by molar-refractivity contribution is 0.778. The van der Waals surface area contributed by atoms with Gasteiger partial charge in [0.2, 0.25) is 0 Å². The molecule has 5 aromatic rings. The van der Waals surface area contributed by atoms with Crippen molar-refractivity contribution in [3.8, 4) is 45.0 Å². The molecule has 0 saturated carbocycles. The fraction of sp³-hybridized carbons (Fsp3) is 0.100. The first kappa shape index (κ1) is 20.0. The van der Waals surface area contributed by atoms with E-state index >= 15 is 0 Å². The van der Waals surface area contributed by atoms with Gasteiger partial charge in [-0.05, 0) is 25.0 Å². The van der Waals surface area contributed by atoms with Gasteiger partial charge in [0.15, 0.2) is 0 Å².